The molecule has 2 N–H and O–H groups in total. The van der Waals surface area contributed by atoms with Gasteiger partial charge in [0, 0.05) is 25.5 Å². The number of hydrogen-bond donors (Lipinski definition) is 2. The van der Waals surface area contributed by atoms with E-state index in [0.717, 1.165) is 38.9 Å². The summed E-state index contributed by atoms with van der Waals surface area (Å²) in [6, 6.07) is -0.115. The Morgan fingerprint density at radius 2 is 2.05 bits per heavy atom. The van der Waals surface area contributed by atoms with Gasteiger partial charge in [0.25, 0.3) is 0 Å². The first-order valence-corrected chi connectivity index (χ1v) is 7.56. The van der Waals surface area contributed by atoms with Gasteiger partial charge in [-0.2, -0.15) is 0 Å². The van der Waals surface area contributed by atoms with E-state index in [4.69, 9.17) is 0 Å². The molecule has 0 fully saturated rings. The molecule has 0 saturated carbocycles. The highest BCUT2D eigenvalue weighted by Gasteiger charge is 2.10. The van der Waals surface area contributed by atoms with Crippen molar-refractivity contribution in [2.45, 2.75) is 52.6 Å². The Bertz CT molecular complexity index is 362. The molecule has 0 bridgehead atoms. The maximum absolute atomic E-state index is 11.8. The SMILES string of the molecule is CC(C)CCNC(=O)C(C)NCCCCn1ccnc1. The van der Waals surface area contributed by atoms with E-state index in [1.165, 1.54) is 0 Å². The predicted molar refractivity (Wildman–Crippen MR) is 81.4 cm³/mol. The summed E-state index contributed by atoms with van der Waals surface area (Å²) < 4.78 is 2.07. The van der Waals surface area contributed by atoms with Crippen LogP contribution in [-0.2, 0) is 11.3 Å². The third-order valence-corrected chi connectivity index (χ3v) is 3.27. The summed E-state index contributed by atoms with van der Waals surface area (Å²) in [6.07, 6.45) is 8.77. The summed E-state index contributed by atoms with van der Waals surface area (Å²) >= 11 is 0. The highest BCUT2D eigenvalue weighted by Crippen LogP contribution is 1.97. The molecule has 5 nitrogen and oxygen atoms in total. The molecule has 0 saturated heterocycles. The Labute approximate surface area is 122 Å². The molecule has 20 heavy (non-hydrogen) atoms. The molecule has 0 aromatic carbocycles. The number of aryl methyl sites for hydroxylation is 1. The largest absolute Gasteiger partial charge is 0.355 e. The fraction of sp³-hybridized carbons (Fsp3) is 0.733. The molecule has 1 unspecified atom stereocenters. The van der Waals surface area contributed by atoms with Crippen molar-refractivity contribution in [3.8, 4) is 0 Å². The zero-order valence-electron chi connectivity index (χ0n) is 12.9. The lowest BCUT2D eigenvalue weighted by molar-refractivity contribution is -0.122. The molecule has 0 aliphatic carbocycles. The zero-order valence-corrected chi connectivity index (χ0v) is 12.9. The van der Waals surface area contributed by atoms with Gasteiger partial charge in [-0.25, -0.2) is 4.98 Å². The number of nitrogens with one attached hydrogen (secondary N) is 2. The monoisotopic (exact) mass is 280 g/mol. The standard InChI is InChI=1S/C15H28N4O/c1-13(2)6-8-18-15(20)14(3)17-7-4-5-10-19-11-9-16-12-19/h9,11-14,17H,4-8,10H2,1-3H3,(H,18,20). The number of rotatable bonds is 10. The third kappa shape index (κ3) is 7.28. The maximum Gasteiger partial charge on any atom is 0.236 e. The maximum atomic E-state index is 11.8. The Hall–Kier alpha value is -1.36. The van der Waals surface area contributed by atoms with Crippen LogP contribution in [0.5, 0.6) is 0 Å². The molecule has 0 aliphatic heterocycles. The fourth-order valence-corrected chi connectivity index (χ4v) is 1.89. The van der Waals surface area contributed by atoms with Crippen molar-refractivity contribution < 1.29 is 4.79 Å². The van der Waals surface area contributed by atoms with E-state index >= 15 is 0 Å². The number of amides is 1. The van der Waals surface area contributed by atoms with E-state index in [9.17, 15) is 4.79 Å². The molecular formula is C15H28N4O. The number of carbonyl (C=O) groups is 1. The second-order valence-electron chi connectivity index (χ2n) is 5.66. The van der Waals surface area contributed by atoms with Crippen LogP contribution in [0.4, 0.5) is 0 Å². The van der Waals surface area contributed by atoms with Crippen molar-refractivity contribution in [1.29, 1.82) is 0 Å². The van der Waals surface area contributed by atoms with Gasteiger partial charge in [-0.3, -0.25) is 4.79 Å². The number of unbranched alkanes of at least 4 members (excludes halogenated alkanes) is 1. The van der Waals surface area contributed by atoms with Crippen LogP contribution in [0.3, 0.4) is 0 Å². The van der Waals surface area contributed by atoms with Gasteiger partial charge in [0.05, 0.1) is 12.4 Å². The fourth-order valence-electron chi connectivity index (χ4n) is 1.89. The van der Waals surface area contributed by atoms with Gasteiger partial charge >= 0.3 is 0 Å². The van der Waals surface area contributed by atoms with E-state index in [-0.39, 0.29) is 11.9 Å². The van der Waals surface area contributed by atoms with Crippen LogP contribution < -0.4 is 10.6 Å². The lowest BCUT2D eigenvalue weighted by atomic mass is 10.1. The van der Waals surface area contributed by atoms with E-state index in [1.807, 2.05) is 19.4 Å². The summed E-state index contributed by atoms with van der Waals surface area (Å²) in [6.45, 7) is 8.86. The first kappa shape index (κ1) is 16.7. The van der Waals surface area contributed by atoms with Crippen molar-refractivity contribution in [3.05, 3.63) is 18.7 Å². The van der Waals surface area contributed by atoms with Crippen molar-refractivity contribution in [2.75, 3.05) is 13.1 Å². The smallest absolute Gasteiger partial charge is 0.236 e. The predicted octanol–water partition coefficient (Wildman–Crippen LogP) is 1.80. The van der Waals surface area contributed by atoms with Gasteiger partial charge in [-0.1, -0.05) is 13.8 Å². The first-order valence-electron chi connectivity index (χ1n) is 7.56. The average molecular weight is 280 g/mol. The van der Waals surface area contributed by atoms with Crippen LogP contribution in [0.1, 0.15) is 40.0 Å². The molecule has 114 valence electrons. The molecule has 0 spiro atoms. The van der Waals surface area contributed by atoms with Gasteiger partial charge in [0.15, 0.2) is 0 Å². The van der Waals surface area contributed by atoms with E-state index < -0.39 is 0 Å². The lowest BCUT2D eigenvalue weighted by Crippen LogP contribution is -2.43. The van der Waals surface area contributed by atoms with Crippen LogP contribution in [0, 0.1) is 5.92 Å². The van der Waals surface area contributed by atoms with Crippen molar-refractivity contribution >= 4 is 5.91 Å². The van der Waals surface area contributed by atoms with Crippen LogP contribution in [-0.4, -0.2) is 34.6 Å². The average Bonchev–Trinajstić information content (AvgIpc) is 2.90. The summed E-state index contributed by atoms with van der Waals surface area (Å²) in [5, 5.41) is 6.23. The molecule has 5 heteroatoms. The summed E-state index contributed by atoms with van der Waals surface area (Å²) in [4.78, 5) is 15.8. The van der Waals surface area contributed by atoms with Crippen molar-refractivity contribution in [3.63, 3.8) is 0 Å². The Morgan fingerprint density at radius 3 is 2.70 bits per heavy atom. The molecule has 1 rings (SSSR count). The number of imidazole rings is 1. The van der Waals surface area contributed by atoms with Crippen LogP contribution >= 0.6 is 0 Å². The second-order valence-corrected chi connectivity index (χ2v) is 5.66. The number of carbonyl (C=O) groups excluding carboxylic acids is 1. The molecular weight excluding hydrogens is 252 g/mol. The van der Waals surface area contributed by atoms with Crippen molar-refractivity contribution in [2.24, 2.45) is 5.92 Å². The minimum atomic E-state index is -0.115. The second kappa shape index (κ2) is 9.53. The quantitative estimate of drug-likeness (QED) is 0.643. The van der Waals surface area contributed by atoms with Gasteiger partial charge in [0.1, 0.15) is 0 Å². The third-order valence-electron chi connectivity index (χ3n) is 3.27. The highest BCUT2D eigenvalue weighted by molar-refractivity contribution is 5.81. The van der Waals surface area contributed by atoms with Gasteiger partial charge in [-0.05, 0) is 38.6 Å². The molecule has 1 aromatic rings. The van der Waals surface area contributed by atoms with E-state index in [2.05, 4.69) is 34.0 Å². The summed E-state index contributed by atoms with van der Waals surface area (Å²) in [5.74, 6) is 0.724. The molecule has 1 aromatic heterocycles. The zero-order chi connectivity index (χ0) is 14.8. The molecule has 1 amide bonds. The van der Waals surface area contributed by atoms with E-state index in [1.54, 1.807) is 6.20 Å². The lowest BCUT2D eigenvalue weighted by Gasteiger charge is -2.14. The molecule has 0 aliphatic rings. The summed E-state index contributed by atoms with van der Waals surface area (Å²) in [7, 11) is 0. The van der Waals surface area contributed by atoms with Crippen LogP contribution in [0.2, 0.25) is 0 Å². The topological polar surface area (TPSA) is 59.0 Å². The molecule has 1 atom stereocenters. The van der Waals surface area contributed by atoms with Crippen molar-refractivity contribution in [1.82, 2.24) is 20.2 Å². The van der Waals surface area contributed by atoms with Crippen LogP contribution in [0.25, 0.3) is 0 Å². The Kier molecular flexibility index (Phi) is 7.95. The molecule has 1 heterocycles. The Morgan fingerprint density at radius 1 is 1.25 bits per heavy atom. The van der Waals surface area contributed by atoms with Gasteiger partial charge in [-0.15, -0.1) is 0 Å². The minimum absolute atomic E-state index is 0.0975. The van der Waals surface area contributed by atoms with Gasteiger partial charge in [0.2, 0.25) is 5.91 Å². The minimum Gasteiger partial charge on any atom is -0.355 e. The number of aromatic nitrogens is 2. The first-order chi connectivity index (χ1) is 9.59. The van der Waals surface area contributed by atoms with Crippen LogP contribution in [0.15, 0.2) is 18.7 Å². The Balaban J connectivity index is 2.01. The number of hydrogen-bond acceptors (Lipinski definition) is 3. The molecule has 0 radical (unpaired) electrons. The number of nitrogens with zero attached hydrogens (tertiary/aromatic N) is 2. The van der Waals surface area contributed by atoms with Gasteiger partial charge < -0.3 is 15.2 Å². The summed E-state index contributed by atoms with van der Waals surface area (Å²) in [5.41, 5.74) is 0. The highest BCUT2D eigenvalue weighted by atomic mass is 16.2. The van der Waals surface area contributed by atoms with E-state index in [0.29, 0.717) is 5.92 Å². The normalized spacial score (nSPS) is 12.6.